The molecule has 0 amide bonds. The molecule has 0 atom stereocenters. The normalized spacial score (nSPS) is 10.8. The summed E-state index contributed by atoms with van der Waals surface area (Å²) in [5.74, 6) is -0.427. The molecule has 2 heteroatoms. The van der Waals surface area contributed by atoms with E-state index < -0.39 is 5.41 Å². The minimum absolute atomic E-state index is 0.173. The van der Waals surface area contributed by atoms with E-state index in [-0.39, 0.29) is 11.6 Å². The van der Waals surface area contributed by atoms with Gasteiger partial charge in [-0.25, -0.2) is 0 Å². The molecule has 0 N–H and O–H groups in total. The van der Waals surface area contributed by atoms with E-state index in [4.69, 9.17) is 0 Å². The molecule has 0 fully saturated rings. The van der Waals surface area contributed by atoms with E-state index in [0.717, 1.165) is 0 Å². The number of Topliss-reactive ketones (excluding diaryl/α,β-unsaturated/α-hetero) is 1. The summed E-state index contributed by atoms with van der Waals surface area (Å²) in [6, 6.07) is 8.81. The Kier molecular flexibility index (Phi) is 3.20. The average molecular weight is 202 g/mol. The van der Waals surface area contributed by atoms with Gasteiger partial charge >= 0.3 is 0 Å². The van der Waals surface area contributed by atoms with Gasteiger partial charge in [-0.15, -0.1) is 0 Å². The lowest BCUT2D eigenvalue weighted by Gasteiger charge is -2.19. The maximum Gasteiger partial charge on any atom is 0.176 e. The maximum absolute atomic E-state index is 12.0. The minimum atomic E-state index is -1.02. The second kappa shape index (κ2) is 4.22. The van der Waals surface area contributed by atoms with Crippen molar-refractivity contribution < 1.29 is 9.59 Å². The highest BCUT2D eigenvalue weighted by Crippen LogP contribution is 2.23. The molecule has 0 aliphatic rings. The van der Waals surface area contributed by atoms with Crippen LogP contribution in [0, 0.1) is 5.41 Å². The Bertz CT molecular complexity index is 388. The summed E-state index contributed by atoms with van der Waals surface area (Å²) in [5.41, 5.74) is -0.471. The van der Waals surface area contributed by atoms with Crippen molar-refractivity contribution in [3.8, 4) is 0 Å². The fourth-order valence-electron chi connectivity index (χ4n) is 1.32. The Morgan fingerprint density at radius 3 is 2.20 bits per heavy atom. The lowest BCUT2D eigenvalue weighted by molar-refractivity contribution is -0.120. The van der Waals surface area contributed by atoms with E-state index in [2.05, 4.69) is 6.58 Å². The molecule has 1 aromatic rings. The third-order valence-corrected chi connectivity index (χ3v) is 2.41. The number of carbonyl (C=O) groups is 2. The van der Waals surface area contributed by atoms with Gasteiger partial charge in [0.15, 0.2) is 11.6 Å². The summed E-state index contributed by atoms with van der Waals surface area (Å²) < 4.78 is 0. The van der Waals surface area contributed by atoms with Crippen molar-refractivity contribution in [2.45, 2.75) is 13.8 Å². The van der Waals surface area contributed by atoms with E-state index in [1.54, 1.807) is 38.1 Å². The Morgan fingerprint density at radius 1 is 1.20 bits per heavy atom. The SMILES string of the molecule is C=CC(=O)C(C)(C)C(=O)c1ccccc1. The van der Waals surface area contributed by atoms with Crippen molar-refractivity contribution in [1.29, 1.82) is 0 Å². The Morgan fingerprint density at radius 2 is 1.73 bits per heavy atom. The molecule has 2 nitrogen and oxygen atoms in total. The van der Waals surface area contributed by atoms with Crippen LogP contribution in [0.25, 0.3) is 0 Å². The summed E-state index contributed by atoms with van der Waals surface area (Å²) in [6.45, 7) is 6.64. The van der Waals surface area contributed by atoms with Crippen LogP contribution in [0.3, 0.4) is 0 Å². The molecule has 0 aliphatic carbocycles. The zero-order chi connectivity index (χ0) is 11.5. The number of hydrogen-bond donors (Lipinski definition) is 0. The summed E-state index contributed by atoms with van der Waals surface area (Å²) >= 11 is 0. The summed E-state index contributed by atoms with van der Waals surface area (Å²) in [4.78, 5) is 23.5. The molecule has 0 heterocycles. The third kappa shape index (κ3) is 2.21. The van der Waals surface area contributed by atoms with Gasteiger partial charge in [-0.3, -0.25) is 9.59 Å². The molecule has 0 spiro atoms. The van der Waals surface area contributed by atoms with E-state index in [9.17, 15) is 9.59 Å². The maximum atomic E-state index is 12.0. The molecule has 0 aromatic heterocycles. The van der Waals surface area contributed by atoms with E-state index >= 15 is 0 Å². The zero-order valence-corrected chi connectivity index (χ0v) is 8.99. The molecular weight excluding hydrogens is 188 g/mol. The predicted octanol–water partition coefficient (Wildman–Crippen LogP) is 2.65. The molecule has 0 unspecified atom stereocenters. The van der Waals surface area contributed by atoms with Crippen LogP contribution in [0.15, 0.2) is 43.0 Å². The molecule has 0 saturated carbocycles. The lowest BCUT2D eigenvalue weighted by atomic mass is 9.80. The zero-order valence-electron chi connectivity index (χ0n) is 8.99. The number of ketones is 2. The van der Waals surface area contributed by atoms with Crippen LogP contribution in [-0.2, 0) is 4.79 Å². The Hall–Kier alpha value is -1.70. The highest BCUT2D eigenvalue weighted by molar-refractivity contribution is 6.16. The van der Waals surface area contributed by atoms with Gasteiger partial charge in [0.2, 0.25) is 0 Å². The molecule has 0 bridgehead atoms. The second-order valence-corrected chi connectivity index (χ2v) is 3.89. The van der Waals surface area contributed by atoms with Gasteiger partial charge in [-0.2, -0.15) is 0 Å². The topological polar surface area (TPSA) is 34.1 Å². The number of carbonyl (C=O) groups excluding carboxylic acids is 2. The Balaban J connectivity index is 3.05. The molecular formula is C13H14O2. The monoisotopic (exact) mass is 202 g/mol. The molecule has 1 aromatic carbocycles. The van der Waals surface area contributed by atoms with Crippen molar-refractivity contribution >= 4 is 11.6 Å². The van der Waals surface area contributed by atoms with Crippen molar-refractivity contribution in [3.05, 3.63) is 48.6 Å². The van der Waals surface area contributed by atoms with Crippen LogP contribution in [0.4, 0.5) is 0 Å². The molecule has 78 valence electrons. The quantitative estimate of drug-likeness (QED) is 0.427. The van der Waals surface area contributed by atoms with Gasteiger partial charge in [0.25, 0.3) is 0 Å². The highest BCUT2D eigenvalue weighted by Gasteiger charge is 2.34. The van der Waals surface area contributed by atoms with Gasteiger partial charge in [0, 0.05) is 5.56 Å². The minimum Gasteiger partial charge on any atom is -0.294 e. The van der Waals surface area contributed by atoms with Gasteiger partial charge < -0.3 is 0 Å². The first-order chi connectivity index (χ1) is 7.00. The van der Waals surface area contributed by atoms with E-state index in [1.165, 1.54) is 6.08 Å². The van der Waals surface area contributed by atoms with Crippen molar-refractivity contribution in [1.82, 2.24) is 0 Å². The highest BCUT2D eigenvalue weighted by atomic mass is 16.2. The second-order valence-electron chi connectivity index (χ2n) is 3.89. The van der Waals surface area contributed by atoms with Gasteiger partial charge in [-0.05, 0) is 19.9 Å². The van der Waals surface area contributed by atoms with Gasteiger partial charge in [0.05, 0.1) is 5.41 Å². The number of allylic oxidation sites excluding steroid dienone is 1. The van der Waals surface area contributed by atoms with Crippen LogP contribution in [0.1, 0.15) is 24.2 Å². The predicted molar refractivity (Wildman–Crippen MR) is 59.8 cm³/mol. The summed E-state index contributed by atoms with van der Waals surface area (Å²) in [7, 11) is 0. The number of rotatable bonds is 4. The summed E-state index contributed by atoms with van der Waals surface area (Å²) in [5, 5.41) is 0. The summed E-state index contributed by atoms with van der Waals surface area (Å²) in [6.07, 6.45) is 1.20. The van der Waals surface area contributed by atoms with Crippen LogP contribution >= 0.6 is 0 Å². The fraction of sp³-hybridized carbons (Fsp3) is 0.231. The first kappa shape index (κ1) is 11.4. The first-order valence-electron chi connectivity index (χ1n) is 4.77. The van der Waals surface area contributed by atoms with Crippen LogP contribution in [0.2, 0.25) is 0 Å². The number of benzene rings is 1. The van der Waals surface area contributed by atoms with Crippen molar-refractivity contribution in [2.75, 3.05) is 0 Å². The van der Waals surface area contributed by atoms with Crippen LogP contribution < -0.4 is 0 Å². The molecule has 0 radical (unpaired) electrons. The lowest BCUT2D eigenvalue weighted by Crippen LogP contribution is -2.32. The smallest absolute Gasteiger partial charge is 0.176 e. The number of hydrogen-bond acceptors (Lipinski definition) is 2. The fourth-order valence-corrected chi connectivity index (χ4v) is 1.32. The van der Waals surface area contributed by atoms with Crippen LogP contribution in [-0.4, -0.2) is 11.6 Å². The molecule has 0 saturated heterocycles. The van der Waals surface area contributed by atoms with Crippen molar-refractivity contribution in [3.63, 3.8) is 0 Å². The average Bonchev–Trinajstić information content (AvgIpc) is 2.28. The van der Waals surface area contributed by atoms with E-state index in [0.29, 0.717) is 5.56 Å². The molecule has 0 aliphatic heterocycles. The van der Waals surface area contributed by atoms with Gasteiger partial charge in [0.1, 0.15) is 0 Å². The van der Waals surface area contributed by atoms with E-state index in [1.807, 2.05) is 6.07 Å². The third-order valence-electron chi connectivity index (χ3n) is 2.41. The molecule has 1 rings (SSSR count). The molecule has 15 heavy (non-hydrogen) atoms. The largest absolute Gasteiger partial charge is 0.294 e. The van der Waals surface area contributed by atoms with Gasteiger partial charge in [-0.1, -0.05) is 36.9 Å². The van der Waals surface area contributed by atoms with Crippen molar-refractivity contribution in [2.24, 2.45) is 5.41 Å². The standard InChI is InChI=1S/C13H14O2/c1-4-11(14)13(2,3)12(15)10-8-6-5-7-9-10/h4-9H,1H2,2-3H3. The van der Waals surface area contributed by atoms with Crippen LogP contribution in [0.5, 0.6) is 0 Å². The first-order valence-corrected chi connectivity index (χ1v) is 4.77. The Labute approximate surface area is 89.6 Å².